The number of amides is 1. The van der Waals surface area contributed by atoms with Gasteiger partial charge in [-0.2, -0.15) is 0 Å². The Bertz CT molecular complexity index is 1730. The molecule has 0 aliphatic carbocycles. The Hall–Kier alpha value is -4.42. The summed E-state index contributed by atoms with van der Waals surface area (Å²) < 4.78 is 56.7. The summed E-state index contributed by atoms with van der Waals surface area (Å²) in [4.78, 5) is 24.6. The molecule has 13 heteroatoms. The predicted molar refractivity (Wildman–Crippen MR) is 166 cm³/mol. The van der Waals surface area contributed by atoms with E-state index in [1.54, 1.807) is 66.7 Å². The van der Waals surface area contributed by atoms with Gasteiger partial charge in [-0.3, -0.25) is 9.59 Å². The van der Waals surface area contributed by atoms with Crippen molar-refractivity contribution in [3.05, 3.63) is 142 Å². The van der Waals surface area contributed by atoms with Gasteiger partial charge in [0.05, 0.1) is 9.79 Å². The molecule has 4 rings (SSSR count). The number of sulfonamides is 2. The van der Waals surface area contributed by atoms with Crippen LogP contribution in [0.1, 0.15) is 40.6 Å². The molecular formula is C29H30N4O6S3. The summed E-state index contributed by atoms with van der Waals surface area (Å²) in [7, 11) is -6.39. The summed E-state index contributed by atoms with van der Waals surface area (Å²) in [6, 6.07) is 29.5. The van der Waals surface area contributed by atoms with E-state index in [2.05, 4.69) is 22.1 Å². The number of thiol groups is 1. The number of aryl methyl sites for hydroxylation is 2. The van der Waals surface area contributed by atoms with Gasteiger partial charge in [0.15, 0.2) is 0 Å². The van der Waals surface area contributed by atoms with E-state index >= 15 is 0 Å². The Morgan fingerprint density at radius 2 is 1.14 bits per heavy atom. The van der Waals surface area contributed by atoms with Crippen molar-refractivity contribution >= 4 is 43.7 Å². The highest BCUT2D eigenvalue weighted by Gasteiger charge is 2.18. The lowest BCUT2D eigenvalue weighted by Crippen LogP contribution is -2.30. The molecule has 0 unspecified atom stereocenters. The van der Waals surface area contributed by atoms with Crippen LogP contribution in [0.3, 0.4) is 0 Å². The van der Waals surface area contributed by atoms with Crippen molar-refractivity contribution in [1.82, 2.24) is 4.72 Å². The van der Waals surface area contributed by atoms with E-state index in [9.17, 15) is 26.4 Å². The minimum Gasteiger partial charge on any atom is -0.282 e. The maximum Gasteiger partial charge on any atom is 0.264 e. The number of carbonyl (C=O) groups excluding carboxylic acids is 2. The lowest BCUT2D eigenvalue weighted by atomic mass is 10.2. The third kappa shape index (κ3) is 11.6. The van der Waals surface area contributed by atoms with Gasteiger partial charge in [-0.25, -0.2) is 21.6 Å². The second-order valence-electron chi connectivity index (χ2n) is 8.24. The minimum atomic E-state index is -3.82. The minimum absolute atomic E-state index is 0.0101. The standard InChI is InChI=1S/C14H13NO3S.C7H7N3O2S.C7H6OS.CH4/c1-11-7-9-13(10-8-11)19(17,18)15-14(16)12-5-3-2-4-6-12;1-6-2-4-7(5-3-6)13(11,12)10-9-8;8-7(9)6-4-2-1-3-5-6;/h2-10H,1H3,(H,15,16);2-5H,1H3;1-5H,(H,8,9);1H4/i;;;1T. The zero-order valence-electron chi connectivity index (χ0n) is 23.9. The normalized spacial score (nSPS) is 10.3. The van der Waals surface area contributed by atoms with Crippen LogP contribution in [0.25, 0.3) is 10.4 Å². The predicted octanol–water partition coefficient (Wildman–Crippen LogP) is 6.50. The van der Waals surface area contributed by atoms with Crippen molar-refractivity contribution in [3.63, 3.8) is 0 Å². The van der Waals surface area contributed by atoms with Crippen LogP contribution in [-0.4, -0.2) is 27.9 Å². The number of rotatable bonds is 6. The van der Waals surface area contributed by atoms with Crippen molar-refractivity contribution in [2.24, 2.45) is 4.52 Å². The topological polar surface area (TPSA) is 163 Å². The van der Waals surface area contributed by atoms with Crippen LogP contribution >= 0.6 is 12.6 Å². The highest BCUT2D eigenvalue weighted by atomic mass is 32.2. The number of hydrogen-bond acceptors (Lipinski definition) is 6. The maximum atomic E-state index is 12.0. The van der Waals surface area contributed by atoms with Crippen molar-refractivity contribution in [1.29, 1.82) is 0 Å². The van der Waals surface area contributed by atoms with Crippen LogP contribution in [0.5, 0.6) is 0 Å². The van der Waals surface area contributed by atoms with E-state index in [1.807, 2.05) is 36.8 Å². The molecule has 0 saturated carbocycles. The average Bonchev–Trinajstić information content (AvgIpc) is 3.00. The van der Waals surface area contributed by atoms with Crippen molar-refractivity contribution in [3.8, 4) is 0 Å². The summed E-state index contributed by atoms with van der Waals surface area (Å²) in [5, 5.41) is -0.185. The van der Waals surface area contributed by atoms with Gasteiger partial charge in [0.2, 0.25) is 5.12 Å². The Kier molecular flexibility index (Phi) is 13.5. The number of benzene rings is 4. The van der Waals surface area contributed by atoms with Crippen LogP contribution in [-0.2, 0) is 20.0 Å². The van der Waals surface area contributed by atoms with E-state index in [0.29, 0.717) is 11.1 Å². The number of nitrogens with zero attached hydrogens (tertiary/aromatic N) is 3. The first kappa shape index (κ1) is 33.8. The van der Waals surface area contributed by atoms with Crippen molar-refractivity contribution in [2.45, 2.75) is 31.0 Å². The molecule has 0 fully saturated rings. The van der Waals surface area contributed by atoms with E-state index in [4.69, 9.17) is 6.90 Å². The second-order valence-corrected chi connectivity index (χ2v) is 11.9. The Labute approximate surface area is 253 Å². The van der Waals surface area contributed by atoms with Crippen LogP contribution < -0.4 is 4.72 Å². The fourth-order valence-corrected chi connectivity index (χ4v) is 4.73. The summed E-state index contributed by atoms with van der Waals surface area (Å²) in [6.45, 7) is 3.70. The first-order valence-corrected chi connectivity index (χ1v) is 15.1. The third-order valence-electron chi connectivity index (χ3n) is 5.08. The smallest absolute Gasteiger partial charge is 0.264 e. The molecule has 4 aromatic carbocycles. The lowest BCUT2D eigenvalue weighted by Gasteiger charge is -2.07. The second kappa shape index (κ2) is 16.7. The molecule has 4 aromatic rings. The van der Waals surface area contributed by atoms with E-state index < -0.39 is 26.0 Å². The molecule has 0 heterocycles. The lowest BCUT2D eigenvalue weighted by molar-refractivity contribution is 0.0980. The van der Waals surface area contributed by atoms with Gasteiger partial charge in [-0.05, 0) is 55.8 Å². The average molecular weight is 629 g/mol. The van der Waals surface area contributed by atoms with Crippen molar-refractivity contribution in [2.75, 3.05) is 0 Å². The molecule has 0 saturated heterocycles. The van der Waals surface area contributed by atoms with Crippen LogP contribution in [0.4, 0.5) is 0 Å². The van der Waals surface area contributed by atoms with E-state index in [0.717, 1.165) is 11.1 Å². The third-order valence-corrected chi connectivity index (χ3v) is 7.84. The highest BCUT2D eigenvalue weighted by Crippen LogP contribution is 2.13. The molecule has 10 nitrogen and oxygen atoms in total. The number of azide groups is 1. The number of carbonyl (C=O) groups is 2. The SMILES string of the molecule is Cc1ccc(S(=O)(=O)N=[N+]=[N-])cc1.Cc1ccc(S(=O)(=O)NC(=O)c2ccccc2)cc1.O=C(S)c1ccccc1.[3H]C. The highest BCUT2D eigenvalue weighted by molar-refractivity contribution is 7.97. The molecule has 0 aromatic heterocycles. The first-order valence-electron chi connectivity index (χ1n) is 12.7. The summed E-state index contributed by atoms with van der Waals surface area (Å²) in [5.74, 6) is -0.638. The summed E-state index contributed by atoms with van der Waals surface area (Å²) >= 11 is 3.65. The maximum absolute atomic E-state index is 12.0. The molecule has 0 radical (unpaired) electrons. The van der Waals surface area contributed by atoms with Gasteiger partial charge in [0, 0.05) is 21.9 Å². The molecule has 0 atom stereocenters. The molecule has 42 heavy (non-hydrogen) atoms. The van der Waals surface area contributed by atoms with Crippen LogP contribution in [0.15, 0.2) is 124 Å². The number of nitrogens with one attached hydrogen (secondary N) is 1. The fourth-order valence-electron chi connectivity index (χ4n) is 2.93. The fraction of sp³-hybridized carbons (Fsp3) is 0.103. The van der Waals surface area contributed by atoms with Gasteiger partial charge in [0.1, 0.15) is 0 Å². The van der Waals surface area contributed by atoms with Gasteiger partial charge in [0.25, 0.3) is 26.0 Å². The molecule has 0 aliphatic heterocycles. The van der Waals surface area contributed by atoms with Gasteiger partial charge >= 0.3 is 0 Å². The van der Waals surface area contributed by atoms with E-state index in [-0.39, 0.29) is 14.9 Å². The molecule has 220 valence electrons. The monoisotopic (exact) mass is 628 g/mol. The molecule has 0 spiro atoms. The first-order chi connectivity index (χ1) is 20.4. The summed E-state index contributed by atoms with van der Waals surface area (Å²) in [5.41, 5.74) is 10.8. The van der Waals surface area contributed by atoms with Gasteiger partial charge < -0.3 is 0 Å². The molecule has 1 N–H and O–H groups in total. The largest absolute Gasteiger partial charge is 0.282 e. The van der Waals surface area contributed by atoms with E-state index in [1.165, 1.54) is 31.7 Å². The molecule has 1 amide bonds. The zero-order valence-corrected chi connectivity index (χ0v) is 25.5. The Morgan fingerprint density at radius 3 is 1.52 bits per heavy atom. The molecule has 0 bridgehead atoms. The van der Waals surface area contributed by atoms with Crippen molar-refractivity contribution < 1.29 is 27.8 Å². The van der Waals surface area contributed by atoms with Crippen LogP contribution in [0.2, 0.25) is 0 Å². The Balaban J connectivity index is 0.000000334. The van der Waals surface area contributed by atoms with Crippen LogP contribution in [0, 0.1) is 13.8 Å². The van der Waals surface area contributed by atoms with Gasteiger partial charge in [-0.1, -0.05) is 91.3 Å². The molecular weight excluding hydrogens is 597 g/mol. The zero-order chi connectivity index (χ0) is 32.5. The Morgan fingerprint density at radius 1 is 0.738 bits per heavy atom. The molecule has 0 aliphatic rings. The summed E-state index contributed by atoms with van der Waals surface area (Å²) in [6.07, 6.45) is 0. The number of hydrogen-bond donors (Lipinski definition) is 2. The quantitative estimate of drug-likeness (QED) is 0.107. The van der Waals surface area contributed by atoms with Gasteiger partial charge in [-0.15, -0.1) is 12.6 Å².